The molecule has 1 aromatic carbocycles. The number of ether oxygens (including phenoxy) is 1. The number of nitrogens with zero attached hydrogens (tertiary/aromatic N) is 4. The Hall–Kier alpha value is -2.80. The molecule has 0 aliphatic carbocycles. The molecule has 0 bridgehead atoms. The van der Waals surface area contributed by atoms with Gasteiger partial charge in [-0.15, -0.1) is 0 Å². The maximum absolute atomic E-state index is 11.8. The van der Waals surface area contributed by atoms with Gasteiger partial charge in [-0.3, -0.25) is 9.69 Å². The summed E-state index contributed by atoms with van der Waals surface area (Å²) in [6, 6.07) is 8.00. The Bertz CT molecular complexity index is 890. The van der Waals surface area contributed by atoms with Gasteiger partial charge >= 0.3 is 6.01 Å². The highest BCUT2D eigenvalue weighted by Gasteiger charge is 2.24. The highest BCUT2D eigenvalue weighted by atomic mass is 32.1. The molecule has 0 saturated carbocycles. The zero-order chi connectivity index (χ0) is 17.2. The van der Waals surface area contributed by atoms with Gasteiger partial charge in [-0.2, -0.15) is 0 Å². The number of aromatic nitrogens is 3. The molecule has 1 amide bonds. The van der Waals surface area contributed by atoms with Gasteiger partial charge in [0, 0.05) is 31.6 Å². The summed E-state index contributed by atoms with van der Waals surface area (Å²) in [6.45, 7) is 2.69. The van der Waals surface area contributed by atoms with Gasteiger partial charge in [0.1, 0.15) is 5.75 Å². The fraction of sp³-hybridized carbons (Fsp3) is 0.222. The third-order valence-corrected chi connectivity index (χ3v) is 4.97. The summed E-state index contributed by atoms with van der Waals surface area (Å²) in [5, 5.41) is 0.769. The fourth-order valence-corrected chi connectivity index (χ4v) is 3.56. The number of anilines is 1. The standard InChI is InChI=1S/C18H16N4O2S/c1-12-9-19-17(20-10-12)24-14-6-4-13(5-7-14)15-11-21-18(25-15)22-8-2-3-16(22)23/h4-7,9-11H,2-3,8H2,1H3. The number of hydrogen-bond donors (Lipinski definition) is 0. The van der Waals surface area contributed by atoms with E-state index in [4.69, 9.17) is 4.74 Å². The van der Waals surface area contributed by atoms with Crippen molar-refractivity contribution < 1.29 is 9.53 Å². The third-order valence-electron chi connectivity index (χ3n) is 3.90. The van der Waals surface area contributed by atoms with Crippen LogP contribution in [-0.4, -0.2) is 27.4 Å². The third kappa shape index (κ3) is 3.36. The molecule has 1 fully saturated rings. The normalized spacial score (nSPS) is 14.1. The molecule has 1 aliphatic heterocycles. The largest absolute Gasteiger partial charge is 0.424 e. The zero-order valence-corrected chi connectivity index (χ0v) is 14.5. The number of hydrogen-bond acceptors (Lipinski definition) is 6. The SMILES string of the molecule is Cc1cnc(Oc2ccc(-c3cnc(N4CCCC4=O)s3)cc2)nc1. The van der Waals surface area contributed by atoms with Crippen molar-refractivity contribution in [3.8, 4) is 22.2 Å². The average Bonchev–Trinajstić information content (AvgIpc) is 3.26. The smallest absolute Gasteiger partial charge is 0.321 e. The number of thiazole rings is 1. The second-order valence-electron chi connectivity index (χ2n) is 5.83. The number of benzene rings is 1. The minimum absolute atomic E-state index is 0.155. The van der Waals surface area contributed by atoms with E-state index >= 15 is 0 Å². The van der Waals surface area contributed by atoms with Gasteiger partial charge in [0.2, 0.25) is 5.91 Å². The van der Waals surface area contributed by atoms with Crippen molar-refractivity contribution in [3.05, 3.63) is 48.4 Å². The van der Waals surface area contributed by atoms with Crippen LogP contribution in [0.4, 0.5) is 5.13 Å². The molecule has 1 aliphatic rings. The average molecular weight is 352 g/mol. The molecule has 3 heterocycles. The van der Waals surface area contributed by atoms with Crippen LogP contribution in [0.5, 0.6) is 11.8 Å². The van der Waals surface area contributed by atoms with Crippen molar-refractivity contribution in [2.24, 2.45) is 0 Å². The lowest BCUT2D eigenvalue weighted by Gasteiger charge is -2.10. The zero-order valence-electron chi connectivity index (χ0n) is 13.7. The molecule has 126 valence electrons. The van der Waals surface area contributed by atoms with Crippen LogP contribution in [0.15, 0.2) is 42.9 Å². The first-order valence-electron chi connectivity index (χ1n) is 8.02. The van der Waals surface area contributed by atoms with E-state index in [0.717, 1.165) is 34.1 Å². The van der Waals surface area contributed by atoms with Crippen LogP contribution in [0.2, 0.25) is 0 Å². The summed E-state index contributed by atoms with van der Waals surface area (Å²) in [4.78, 5) is 27.3. The fourth-order valence-electron chi connectivity index (χ4n) is 2.60. The van der Waals surface area contributed by atoms with Gasteiger partial charge < -0.3 is 4.74 Å². The Morgan fingerprint density at radius 2 is 1.84 bits per heavy atom. The second-order valence-corrected chi connectivity index (χ2v) is 6.83. The molecule has 25 heavy (non-hydrogen) atoms. The summed E-state index contributed by atoms with van der Waals surface area (Å²) >= 11 is 1.53. The summed E-state index contributed by atoms with van der Waals surface area (Å²) in [7, 11) is 0. The molecular weight excluding hydrogens is 336 g/mol. The van der Waals surface area contributed by atoms with E-state index < -0.39 is 0 Å². The Morgan fingerprint density at radius 1 is 1.08 bits per heavy atom. The second kappa shape index (κ2) is 6.60. The molecule has 6 nitrogen and oxygen atoms in total. The summed E-state index contributed by atoms with van der Waals surface area (Å²) in [5.41, 5.74) is 2.02. The van der Waals surface area contributed by atoms with Crippen LogP contribution < -0.4 is 9.64 Å². The molecule has 0 N–H and O–H groups in total. The van der Waals surface area contributed by atoms with E-state index in [1.807, 2.05) is 37.4 Å². The van der Waals surface area contributed by atoms with E-state index in [9.17, 15) is 4.79 Å². The van der Waals surface area contributed by atoms with Gasteiger partial charge in [-0.25, -0.2) is 15.0 Å². The number of carbonyl (C=O) groups is 1. The Labute approximate surface area is 149 Å². The first kappa shape index (κ1) is 15.7. The molecule has 0 radical (unpaired) electrons. The number of amides is 1. The molecule has 0 atom stereocenters. The lowest BCUT2D eigenvalue weighted by molar-refractivity contribution is -0.117. The van der Waals surface area contributed by atoms with Gasteiger partial charge in [-0.1, -0.05) is 11.3 Å². The molecule has 4 rings (SSSR count). The summed E-state index contributed by atoms with van der Waals surface area (Å²) < 4.78 is 5.64. The van der Waals surface area contributed by atoms with Crippen molar-refractivity contribution in [2.75, 3.05) is 11.4 Å². The Balaban J connectivity index is 1.49. The lowest BCUT2D eigenvalue weighted by Crippen LogP contribution is -2.23. The molecular formula is C18H16N4O2S. The van der Waals surface area contributed by atoms with Crippen LogP contribution in [0.1, 0.15) is 18.4 Å². The monoisotopic (exact) mass is 352 g/mol. The molecule has 1 saturated heterocycles. The highest BCUT2D eigenvalue weighted by Crippen LogP contribution is 2.34. The van der Waals surface area contributed by atoms with Gasteiger partial charge in [0.05, 0.1) is 4.88 Å². The summed E-state index contributed by atoms with van der Waals surface area (Å²) in [6.07, 6.45) is 6.76. The molecule has 0 spiro atoms. The number of rotatable bonds is 4. The number of carbonyl (C=O) groups excluding carboxylic acids is 1. The molecule has 0 unspecified atom stereocenters. The van der Waals surface area contributed by atoms with Gasteiger partial charge in [0.15, 0.2) is 5.13 Å². The van der Waals surface area contributed by atoms with Crippen LogP contribution in [0, 0.1) is 6.92 Å². The van der Waals surface area contributed by atoms with Crippen molar-refractivity contribution in [2.45, 2.75) is 19.8 Å². The van der Waals surface area contributed by atoms with E-state index in [1.54, 1.807) is 17.3 Å². The van der Waals surface area contributed by atoms with Crippen molar-refractivity contribution >= 4 is 22.4 Å². The van der Waals surface area contributed by atoms with Crippen molar-refractivity contribution in [3.63, 3.8) is 0 Å². The molecule has 3 aromatic rings. The topological polar surface area (TPSA) is 68.2 Å². The lowest BCUT2D eigenvalue weighted by atomic mass is 10.2. The van der Waals surface area contributed by atoms with Crippen molar-refractivity contribution in [1.29, 1.82) is 0 Å². The van der Waals surface area contributed by atoms with Crippen LogP contribution >= 0.6 is 11.3 Å². The van der Waals surface area contributed by atoms with Crippen LogP contribution in [0.25, 0.3) is 10.4 Å². The molecule has 7 heteroatoms. The molecule has 2 aromatic heterocycles. The maximum Gasteiger partial charge on any atom is 0.321 e. The maximum atomic E-state index is 11.8. The first-order chi connectivity index (χ1) is 12.2. The van der Waals surface area contributed by atoms with Crippen LogP contribution in [-0.2, 0) is 4.79 Å². The van der Waals surface area contributed by atoms with Crippen molar-refractivity contribution in [1.82, 2.24) is 15.0 Å². The Morgan fingerprint density at radius 3 is 2.52 bits per heavy atom. The predicted molar refractivity (Wildman–Crippen MR) is 96.0 cm³/mol. The van der Waals surface area contributed by atoms with Gasteiger partial charge in [-0.05, 0) is 48.7 Å². The van der Waals surface area contributed by atoms with E-state index in [-0.39, 0.29) is 5.91 Å². The van der Waals surface area contributed by atoms with Gasteiger partial charge in [0.25, 0.3) is 0 Å². The quantitative estimate of drug-likeness (QED) is 0.714. The summed E-state index contributed by atoms with van der Waals surface area (Å²) in [5.74, 6) is 0.829. The minimum Gasteiger partial charge on any atom is -0.424 e. The minimum atomic E-state index is 0.155. The highest BCUT2D eigenvalue weighted by molar-refractivity contribution is 7.19. The number of aryl methyl sites for hydroxylation is 1. The van der Waals surface area contributed by atoms with E-state index in [0.29, 0.717) is 18.2 Å². The predicted octanol–water partition coefficient (Wildman–Crippen LogP) is 3.83. The van der Waals surface area contributed by atoms with Crippen LogP contribution in [0.3, 0.4) is 0 Å². The van der Waals surface area contributed by atoms with E-state index in [1.165, 1.54) is 11.3 Å². The Kier molecular flexibility index (Phi) is 4.15. The first-order valence-corrected chi connectivity index (χ1v) is 8.84. The van der Waals surface area contributed by atoms with E-state index in [2.05, 4.69) is 15.0 Å².